The lowest BCUT2D eigenvalue weighted by Crippen LogP contribution is -2.14. The largest absolute Gasteiger partial charge is 0.320 e. The molecule has 0 amide bonds. The highest BCUT2D eigenvalue weighted by molar-refractivity contribution is 5.85. The number of imidazole rings is 1. The van der Waals surface area contributed by atoms with E-state index in [1.807, 2.05) is 37.3 Å². The van der Waals surface area contributed by atoms with Gasteiger partial charge in [-0.1, -0.05) is 19.3 Å². The molecule has 0 atom stereocenters. The minimum atomic E-state index is 0.431. The Morgan fingerprint density at radius 3 is 2.55 bits per heavy atom. The molecule has 0 radical (unpaired) electrons. The lowest BCUT2D eigenvalue weighted by molar-refractivity contribution is 0.362. The zero-order valence-corrected chi connectivity index (χ0v) is 17.3. The molecule has 154 valence electrons. The molecule has 6 rings (SSSR count). The van der Waals surface area contributed by atoms with E-state index in [1.165, 1.54) is 32.1 Å². The molecule has 1 saturated carbocycles. The summed E-state index contributed by atoms with van der Waals surface area (Å²) in [6, 6.07) is 14.8. The van der Waals surface area contributed by atoms with Crippen molar-refractivity contribution in [1.29, 1.82) is 0 Å². The number of hydrogen-bond acceptors (Lipinski definition) is 6. The van der Waals surface area contributed by atoms with Gasteiger partial charge in [0.2, 0.25) is 0 Å². The number of tetrazole rings is 1. The van der Waals surface area contributed by atoms with Gasteiger partial charge in [-0.05, 0) is 72.7 Å². The fourth-order valence-electron chi connectivity index (χ4n) is 4.65. The first-order valence-electron chi connectivity index (χ1n) is 10.8. The van der Waals surface area contributed by atoms with Gasteiger partial charge in [0.15, 0.2) is 11.6 Å². The van der Waals surface area contributed by atoms with Gasteiger partial charge < -0.3 is 4.57 Å². The van der Waals surface area contributed by atoms with Crippen molar-refractivity contribution >= 4 is 22.1 Å². The second-order valence-electron chi connectivity index (χ2n) is 8.24. The van der Waals surface area contributed by atoms with Gasteiger partial charge in [0.25, 0.3) is 0 Å². The minimum Gasteiger partial charge on any atom is -0.320 e. The average Bonchev–Trinajstić information content (AvgIpc) is 3.47. The predicted octanol–water partition coefficient (Wildman–Crippen LogP) is 4.64. The maximum atomic E-state index is 5.05. The van der Waals surface area contributed by atoms with Gasteiger partial charge in [0.1, 0.15) is 5.69 Å². The maximum absolute atomic E-state index is 5.05. The molecule has 1 aromatic carbocycles. The quantitative estimate of drug-likeness (QED) is 0.465. The Morgan fingerprint density at radius 1 is 0.871 bits per heavy atom. The van der Waals surface area contributed by atoms with Crippen LogP contribution >= 0.6 is 0 Å². The Kier molecular flexibility index (Phi) is 4.22. The summed E-state index contributed by atoms with van der Waals surface area (Å²) in [5.74, 6) is 1.55. The number of pyridine rings is 2. The van der Waals surface area contributed by atoms with Crippen molar-refractivity contribution in [3.05, 3.63) is 48.2 Å². The van der Waals surface area contributed by atoms with Crippen LogP contribution in [-0.2, 0) is 0 Å². The van der Waals surface area contributed by atoms with E-state index >= 15 is 0 Å². The molecule has 8 heteroatoms. The number of aromatic amines is 1. The topological polar surface area (TPSA) is 98.1 Å². The number of nitrogens with one attached hydrogen (secondary N) is 1. The van der Waals surface area contributed by atoms with E-state index in [9.17, 15) is 0 Å². The van der Waals surface area contributed by atoms with Crippen LogP contribution in [0.3, 0.4) is 0 Å². The minimum absolute atomic E-state index is 0.431. The molecule has 1 N–H and O–H groups in total. The van der Waals surface area contributed by atoms with E-state index in [-0.39, 0.29) is 0 Å². The summed E-state index contributed by atoms with van der Waals surface area (Å²) >= 11 is 0. The zero-order valence-electron chi connectivity index (χ0n) is 17.3. The second-order valence-corrected chi connectivity index (χ2v) is 8.24. The first kappa shape index (κ1) is 18.1. The monoisotopic (exact) mass is 410 g/mol. The van der Waals surface area contributed by atoms with Gasteiger partial charge in [-0.15, -0.1) is 5.10 Å². The normalized spacial score (nSPS) is 15.1. The predicted molar refractivity (Wildman–Crippen MR) is 118 cm³/mol. The number of benzene rings is 1. The van der Waals surface area contributed by atoms with E-state index in [2.05, 4.69) is 42.3 Å². The Labute approximate surface area is 178 Å². The van der Waals surface area contributed by atoms with Gasteiger partial charge in [-0.3, -0.25) is 4.98 Å². The second kappa shape index (κ2) is 7.23. The van der Waals surface area contributed by atoms with E-state index in [0.717, 1.165) is 44.8 Å². The van der Waals surface area contributed by atoms with Crippen molar-refractivity contribution in [2.75, 3.05) is 0 Å². The molecule has 8 nitrogen and oxygen atoms in total. The molecule has 4 aromatic heterocycles. The van der Waals surface area contributed by atoms with Crippen LogP contribution in [0.2, 0.25) is 0 Å². The van der Waals surface area contributed by atoms with Crippen molar-refractivity contribution < 1.29 is 0 Å². The molecule has 31 heavy (non-hydrogen) atoms. The van der Waals surface area contributed by atoms with Crippen LogP contribution in [0.4, 0.5) is 0 Å². The van der Waals surface area contributed by atoms with Crippen molar-refractivity contribution in [3.8, 4) is 22.9 Å². The smallest absolute Gasteiger partial charge is 0.179 e. The first-order valence-corrected chi connectivity index (χ1v) is 10.8. The summed E-state index contributed by atoms with van der Waals surface area (Å²) < 4.78 is 2.40. The molecule has 1 fully saturated rings. The molecule has 0 saturated heterocycles. The number of hydrogen-bond donors (Lipinski definition) is 1. The number of aromatic nitrogens is 8. The van der Waals surface area contributed by atoms with Crippen LogP contribution in [0.1, 0.15) is 43.8 Å². The van der Waals surface area contributed by atoms with Crippen molar-refractivity contribution in [2.24, 2.45) is 0 Å². The highest BCUT2D eigenvalue weighted by Crippen LogP contribution is 2.36. The Morgan fingerprint density at radius 2 is 1.71 bits per heavy atom. The van der Waals surface area contributed by atoms with Crippen molar-refractivity contribution in [3.63, 3.8) is 0 Å². The van der Waals surface area contributed by atoms with Gasteiger partial charge in [-0.25, -0.2) is 15.1 Å². The van der Waals surface area contributed by atoms with E-state index in [0.29, 0.717) is 11.9 Å². The molecule has 1 aliphatic carbocycles. The summed E-state index contributed by atoms with van der Waals surface area (Å²) in [6.45, 7) is 2.00. The number of fused-ring (bicyclic) bond motifs is 2. The molecule has 0 spiro atoms. The summed E-state index contributed by atoms with van der Waals surface area (Å²) in [5, 5.41) is 14.3. The Bertz CT molecular complexity index is 1380. The van der Waals surface area contributed by atoms with Crippen molar-refractivity contribution in [2.45, 2.75) is 45.1 Å². The summed E-state index contributed by atoms with van der Waals surface area (Å²) in [6.07, 6.45) is 6.14. The van der Waals surface area contributed by atoms with Gasteiger partial charge >= 0.3 is 0 Å². The highest BCUT2D eigenvalue weighted by Gasteiger charge is 2.23. The van der Waals surface area contributed by atoms with Gasteiger partial charge in [-0.2, -0.15) is 0 Å². The Hall–Kier alpha value is -3.68. The zero-order chi connectivity index (χ0) is 20.8. The van der Waals surface area contributed by atoms with Crippen LogP contribution in [0, 0.1) is 6.92 Å². The van der Waals surface area contributed by atoms with Gasteiger partial charge in [0.05, 0.1) is 22.1 Å². The molecule has 0 bridgehead atoms. The number of H-pyrrole nitrogens is 1. The SMILES string of the molecule is Cc1ccc2nc(-c3nc4cc(-c5nnn[nH]5)ccc4n3C3CCCCC3)ccc2n1. The van der Waals surface area contributed by atoms with Crippen LogP contribution in [0.5, 0.6) is 0 Å². The molecule has 5 aromatic rings. The molecule has 4 heterocycles. The summed E-state index contributed by atoms with van der Waals surface area (Å²) in [4.78, 5) is 14.6. The van der Waals surface area contributed by atoms with Crippen LogP contribution in [-0.4, -0.2) is 40.1 Å². The average molecular weight is 410 g/mol. The van der Waals surface area contributed by atoms with Crippen molar-refractivity contribution in [1.82, 2.24) is 40.1 Å². The summed E-state index contributed by atoms with van der Waals surface area (Å²) in [7, 11) is 0. The molecular weight excluding hydrogens is 388 g/mol. The van der Waals surface area contributed by atoms with E-state index in [4.69, 9.17) is 9.97 Å². The van der Waals surface area contributed by atoms with Crippen LogP contribution in [0.25, 0.3) is 45.0 Å². The Balaban J connectivity index is 1.55. The summed E-state index contributed by atoms with van der Waals surface area (Å²) in [5.41, 5.74) is 6.64. The van der Waals surface area contributed by atoms with Gasteiger partial charge in [0, 0.05) is 17.3 Å². The fourth-order valence-corrected chi connectivity index (χ4v) is 4.65. The van der Waals surface area contributed by atoms with E-state index < -0.39 is 0 Å². The van der Waals surface area contributed by atoms with E-state index in [1.54, 1.807) is 0 Å². The van der Waals surface area contributed by atoms with Crippen LogP contribution < -0.4 is 0 Å². The standard InChI is InChI=1S/C23H22N8/c1-14-7-9-18-17(24-14)10-11-19(25-18)23-26-20-13-15(22-27-29-30-28-22)8-12-21(20)31(23)16-5-3-2-4-6-16/h7-13,16H,2-6H2,1H3,(H,27,28,29,30). The lowest BCUT2D eigenvalue weighted by Gasteiger charge is -2.25. The van der Waals surface area contributed by atoms with Crippen LogP contribution in [0.15, 0.2) is 42.5 Å². The molecular formula is C23H22N8. The number of rotatable bonds is 3. The highest BCUT2D eigenvalue weighted by atomic mass is 15.5. The number of nitrogens with zero attached hydrogens (tertiary/aromatic N) is 7. The fraction of sp³-hybridized carbons (Fsp3) is 0.304. The maximum Gasteiger partial charge on any atom is 0.179 e. The third kappa shape index (κ3) is 3.15. The molecule has 0 unspecified atom stereocenters. The third-order valence-corrected chi connectivity index (χ3v) is 6.16. The third-order valence-electron chi connectivity index (χ3n) is 6.16. The molecule has 1 aliphatic rings. The first-order chi connectivity index (χ1) is 15.3. The molecule has 0 aliphatic heterocycles. The number of aryl methyl sites for hydroxylation is 1. The lowest BCUT2D eigenvalue weighted by atomic mass is 9.95.